The van der Waals surface area contributed by atoms with Crippen molar-refractivity contribution in [2.24, 2.45) is 0 Å². The summed E-state index contributed by atoms with van der Waals surface area (Å²) in [5.41, 5.74) is 3.23. The van der Waals surface area contributed by atoms with Crippen LogP contribution in [0.5, 0.6) is 0 Å². The molecule has 3 N–H and O–H groups in total. The number of thiazole rings is 1. The Morgan fingerprint density at radius 2 is 1.80 bits per heavy atom. The van der Waals surface area contributed by atoms with Gasteiger partial charge in [0.25, 0.3) is 11.8 Å². The maximum Gasteiger partial charge on any atom is 0.267 e. The summed E-state index contributed by atoms with van der Waals surface area (Å²) in [6, 6.07) is 11.4. The molecule has 0 bridgehead atoms. The number of aromatic nitrogens is 1. The number of hydrogen-bond acceptors (Lipinski definition) is 5. The van der Waals surface area contributed by atoms with Gasteiger partial charge in [-0.25, -0.2) is 9.37 Å². The van der Waals surface area contributed by atoms with Crippen LogP contribution in [0.1, 0.15) is 44.1 Å². The first kappa shape index (κ1) is 20.0. The van der Waals surface area contributed by atoms with Crippen LogP contribution in [0.25, 0.3) is 0 Å². The maximum absolute atomic E-state index is 13.1. The lowest BCUT2D eigenvalue weighted by Gasteiger charge is -2.10. The van der Waals surface area contributed by atoms with Crippen molar-refractivity contribution in [1.82, 2.24) is 10.3 Å². The molecule has 30 heavy (non-hydrogen) atoms. The maximum atomic E-state index is 13.1. The van der Waals surface area contributed by atoms with Crippen LogP contribution in [0.3, 0.4) is 0 Å². The number of nitrogens with one attached hydrogen (secondary N) is 3. The van der Waals surface area contributed by atoms with Gasteiger partial charge in [-0.05, 0) is 68.7 Å². The monoisotopic (exact) mass is 424 g/mol. The normalized spacial score (nSPS) is 13.0. The van der Waals surface area contributed by atoms with E-state index in [1.807, 2.05) is 13.0 Å². The summed E-state index contributed by atoms with van der Waals surface area (Å²) in [7, 11) is 0. The van der Waals surface area contributed by atoms with Crippen LogP contribution in [0.2, 0.25) is 0 Å². The molecule has 154 valence electrons. The van der Waals surface area contributed by atoms with Gasteiger partial charge in [0.15, 0.2) is 5.13 Å². The van der Waals surface area contributed by atoms with E-state index >= 15 is 0 Å². The van der Waals surface area contributed by atoms with Crippen molar-refractivity contribution in [3.8, 4) is 0 Å². The van der Waals surface area contributed by atoms with Gasteiger partial charge >= 0.3 is 0 Å². The summed E-state index contributed by atoms with van der Waals surface area (Å²) in [4.78, 5) is 30.0. The summed E-state index contributed by atoms with van der Waals surface area (Å²) in [6.07, 6.45) is 2.03. The summed E-state index contributed by atoms with van der Waals surface area (Å²) in [5, 5.41) is 9.46. The minimum atomic E-state index is -0.320. The minimum Gasteiger partial charge on any atom is -0.349 e. The zero-order chi connectivity index (χ0) is 21.3. The van der Waals surface area contributed by atoms with E-state index in [1.54, 1.807) is 31.2 Å². The second kappa shape index (κ2) is 8.23. The molecule has 1 heterocycles. The van der Waals surface area contributed by atoms with Gasteiger partial charge in [-0.1, -0.05) is 17.4 Å². The fourth-order valence-electron chi connectivity index (χ4n) is 2.89. The first-order valence-electron chi connectivity index (χ1n) is 9.62. The Morgan fingerprint density at radius 3 is 2.50 bits per heavy atom. The number of aryl methyl sites for hydroxylation is 2. The van der Waals surface area contributed by atoms with E-state index in [4.69, 9.17) is 0 Å². The molecule has 1 aromatic heterocycles. The molecule has 1 fully saturated rings. The molecule has 1 saturated carbocycles. The molecule has 0 unspecified atom stereocenters. The zero-order valence-electron chi connectivity index (χ0n) is 16.6. The molecule has 8 heteroatoms. The lowest BCUT2D eigenvalue weighted by Crippen LogP contribution is -2.25. The van der Waals surface area contributed by atoms with Gasteiger partial charge in [0.05, 0.1) is 5.69 Å². The average molecular weight is 425 g/mol. The van der Waals surface area contributed by atoms with Crippen LogP contribution in [0.15, 0.2) is 42.5 Å². The lowest BCUT2D eigenvalue weighted by atomic mass is 10.1. The van der Waals surface area contributed by atoms with Gasteiger partial charge in [-0.2, -0.15) is 0 Å². The van der Waals surface area contributed by atoms with Crippen LogP contribution in [-0.2, 0) is 0 Å². The van der Waals surface area contributed by atoms with E-state index in [9.17, 15) is 14.0 Å². The Labute approximate surface area is 177 Å². The second-order valence-electron chi connectivity index (χ2n) is 7.30. The van der Waals surface area contributed by atoms with Crippen LogP contribution >= 0.6 is 11.3 Å². The molecule has 0 atom stereocenters. The number of rotatable bonds is 6. The molecule has 2 aromatic carbocycles. The third-order valence-corrected chi connectivity index (χ3v) is 5.83. The highest BCUT2D eigenvalue weighted by Gasteiger charge is 2.24. The van der Waals surface area contributed by atoms with E-state index in [0.717, 1.165) is 18.4 Å². The SMILES string of the molecule is Cc1ccc(C(=O)NC2CC2)cc1NC(=O)c1sc(Nc2ccc(F)cc2)nc1C. The molecule has 0 aliphatic heterocycles. The first-order chi connectivity index (χ1) is 14.4. The summed E-state index contributed by atoms with van der Waals surface area (Å²) in [6.45, 7) is 3.63. The van der Waals surface area contributed by atoms with E-state index in [1.165, 1.54) is 23.5 Å². The third kappa shape index (κ3) is 4.65. The van der Waals surface area contributed by atoms with E-state index in [2.05, 4.69) is 20.9 Å². The Kier molecular flexibility index (Phi) is 5.50. The second-order valence-corrected chi connectivity index (χ2v) is 8.30. The molecular weight excluding hydrogens is 403 g/mol. The lowest BCUT2D eigenvalue weighted by molar-refractivity contribution is 0.0949. The Morgan fingerprint density at radius 1 is 1.07 bits per heavy atom. The van der Waals surface area contributed by atoms with E-state index in [-0.39, 0.29) is 23.7 Å². The number of halogens is 1. The molecule has 0 radical (unpaired) electrons. The van der Waals surface area contributed by atoms with E-state index < -0.39 is 0 Å². The number of amides is 2. The molecule has 4 rings (SSSR count). The van der Waals surface area contributed by atoms with Gasteiger partial charge < -0.3 is 16.0 Å². The highest BCUT2D eigenvalue weighted by Crippen LogP contribution is 2.28. The predicted molar refractivity (Wildman–Crippen MR) is 116 cm³/mol. The number of carbonyl (C=O) groups is 2. The number of carbonyl (C=O) groups excluding carboxylic acids is 2. The van der Waals surface area contributed by atoms with Gasteiger partial charge in [-0.15, -0.1) is 0 Å². The van der Waals surface area contributed by atoms with Crippen molar-refractivity contribution in [2.75, 3.05) is 10.6 Å². The molecule has 0 spiro atoms. The van der Waals surface area contributed by atoms with Crippen LogP contribution in [-0.4, -0.2) is 22.8 Å². The van der Waals surface area contributed by atoms with Crippen molar-refractivity contribution >= 4 is 39.7 Å². The van der Waals surface area contributed by atoms with Gasteiger partial charge in [-0.3, -0.25) is 9.59 Å². The minimum absolute atomic E-state index is 0.132. The summed E-state index contributed by atoms with van der Waals surface area (Å²) in [5.74, 6) is -0.743. The van der Waals surface area contributed by atoms with Crippen molar-refractivity contribution in [1.29, 1.82) is 0 Å². The van der Waals surface area contributed by atoms with Crippen molar-refractivity contribution in [3.63, 3.8) is 0 Å². The largest absolute Gasteiger partial charge is 0.349 e. The predicted octanol–water partition coefficient (Wildman–Crippen LogP) is 4.79. The number of benzene rings is 2. The molecular formula is C22H21FN4O2S. The number of nitrogens with zero attached hydrogens (tertiary/aromatic N) is 1. The van der Waals surface area contributed by atoms with Gasteiger partial charge in [0.1, 0.15) is 10.7 Å². The van der Waals surface area contributed by atoms with Gasteiger partial charge in [0, 0.05) is 23.0 Å². The topological polar surface area (TPSA) is 83.1 Å². The smallest absolute Gasteiger partial charge is 0.267 e. The molecule has 0 saturated heterocycles. The van der Waals surface area contributed by atoms with Crippen molar-refractivity contribution in [2.45, 2.75) is 32.7 Å². The fraction of sp³-hybridized carbons (Fsp3) is 0.227. The summed E-state index contributed by atoms with van der Waals surface area (Å²) >= 11 is 1.21. The fourth-order valence-corrected chi connectivity index (χ4v) is 3.77. The molecule has 6 nitrogen and oxygen atoms in total. The zero-order valence-corrected chi connectivity index (χ0v) is 17.4. The molecule has 2 amide bonds. The van der Waals surface area contributed by atoms with Crippen molar-refractivity contribution in [3.05, 3.63) is 70.0 Å². The van der Waals surface area contributed by atoms with Crippen LogP contribution in [0.4, 0.5) is 20.9 Å². The van der Waals surface area contributed by atoms with Crippen LogP contribution < -0.4 is 16.0 Å². The third-order valence-electron chi connectivity index (χ3n) is 4.76. The van der Waals surface area contributed by atoms with Crippen molar-refractivity contribution < 1.29 is 14.0 Å². The van der Waals surface area contributed by atoms with Crippen LogP contribution in [0, 0.1) is 19.7 Å². The molecule has 1 aliphatic rings. The Hall–Kier alpha value is -3.26. The quantitative estimate of drug-likeness (QED) is 0.531. The number of anilines is 3. The standard InChI is InChI=1S/C22H21FN4O2S/c1-12-3-4-14(20(28)25-16-9-10-16)11-18(12)27-21(29)19-13(2)24-22(30-19)26-17-7-5-15(23)6-8-17/h3-8,11,16H,9-10H2,1-2H3,(H,24,26)(H,25,28)(H,27,29). The Balaban J connectivity index is 1.49. The first-order valence-corrected chi connectivity index (χ1v) is 10.4. The highest BCUT2D eigenvalue weighted by molar-refractivity contribution is 7.17. The average Bonchev–Trinajstić information content (AvgIpc) is 3.45. The Bertz CT molecular complexity index is 1110. The molecule has 3 aromatic rings. The molecule has 1 aliphatic carbocycles. The number of hydrogen-bond donors (Lipinski definition) is 3. The highest BCUT2D eigenvalue weighted by atomic mass is 32.1. The van der Waals surface area contributed by atoms with Gasteiger partial charge in [0.2, 0.25) is 0 Å². The summed E-state index contributed by atoms with van der Waals surface area (Å²) < 4.78 is 13.1. The van der Waals surface area contributed by atoms with E-state index in [0.29, 0.717) is 32.6 Å².